The highest BCUT2D eigenvalue weighted by Gasteiger charge is 2.18. The van der Waals surface area contributed by atoms with Crippen LogP contribution in [0, 0.1) is 0 Å². The van der Waals surface area contributed by atoms with E-state index in [0.717, 1.165) is 5.56 Å². The van der Waals surface area contributed by atoms with E-state index in [4.69, 9.17) is 0 Å². The number of anilines is 1. The summed E-state index contributed by atoms with van der Waals surface area (Å²) in [6.07, 6.45) is 0.699. The predicted octanol–water partition coefficient (Wildman–Crippen LogP) is 2.68. The van der Waals surface area contributed by atoms with Crippen molar-refractivity contribution < 1.29 is 14.4 Å². The summed E-state index contributed by atoms with van der Waals surface area (Å²) in [6.45, 7) is 4.14. The molecule has 1 atom stereocenters. The van der Waals surface area contributed by atoms with E-state index in [2.05, 4.69) is 16.0 Å². The number of hydrogen-bond acceptors (Lipinski definition) is 3. The second kappa shape index (κ2) is 10.1. The molecule has 3 amide bonds. The third-order valence-electron chi connectivity index (χ3n) is 4.13. The van der Waals surface area contributed by atoms with Gasteiger partial charge in [-0.3, -0.25) is 14.4 Å². The number of carbonyl (C=O) groups excluding carboxylic acids is 3. The van der Waals surface area contributed by atoms with Crippen molar-refractivity contribution in [1.82, 2.24) is 10.6 Å². The van der Waals surface area contributed by atoms with Crippen molar-refractivity contribution in [2.24, 2.45) is 0 Å². The summed E-state index contributed by atoms with van der Waals surface area (Å²) in [5, 5.41) is 8.24. The van der Waals surface area contributed by atoms with Crippen molar-refractivity contribution in [3.05, 3.63) is 65.7 Å². The number of nitrogens with one attached hydrogen (secondary N) is 3. The monoisotopic (exact) mass is 367 g/mol. The summed E-state index contributed by atoms with van der Waals surface area (Å²) < 4.78 is 0. The zero-order chi connectivity index (χ0) is 19.6. The molecule has 27 heavy (non-hydrogen) atoms. The number of rotatable bonds is 8. The van der Waals surface area contributed by atoms with E-state index in [9.17, 15) is 14.4 Å². The fourth-order valence-corrected chi connectivity index (χ4v) is 2.71. The largest absolute Gasteiger partial charge is 0.355 e. The molecule has 6 heteroatoms. The van der Waals surface area contributed by atoms with Crippen LogP contribution in [0.3, 0.4) is 0 Å². The topological polar surface area (TPSA) is 87.3 Å². The SMILES string of the molecule is CCC(C(=O)Nc1ccc(C(=O)NCCNC(C)=O)cc1)c1ccccc1. The minimum Gasteiger partial charge on any atom is -0.355 e. The molecule has 2 aromatic carbocycles. The standard InChI is InChI=1S/C21H25N3O3/c1-3-19(16-7-5-4-6-8-16)21(27)24-18-11-9-17(10-12-18)20(26)23-14-13-22-15(2)25/h4-12,19H,3,13-14H2,1-2H3,(H,22,25)(H,23,26)(H,24,27). The Kier molecular flexibility index (Phi) is 7.55. The predicted molar refractivity (Wildman–Crippen MR) is 106 cm³/mol. The Balaban J connectivity index is 1.91. The van der Waals surface area contributed by atoms with E-state index >= 15 is 0 Å². The molecule has 1 unspecified atom stereocenters. The molecule has 0 aliphatic rings. The van der Waals surface area contributed by atoms with Crippen LogP contribution in [-0.2, 0) is 9.59 Å². The van der Waals surface area contributed by atoms with E-state index in [1.54, 1.807) is 24.3 Å². The van der Waals surface area contributed by atoms with Gasteiger partial charge in [-0.05, 0) is 36.2 Å². The summed E-state index contributed by atoms with van der Waals surface area (Å²) >= 11 is 0. The summed E-state index contributed by atoms with van der Waals surface area (Å²) in [5.41, 5.74) is 2.11. The Morgan fingerprint density at radius 3 is 2.11 bits per heavy atom. The van der Waals surface area contributed by atoms with Crippen LogP contribution in [0.25, 0.3) is 0 Å². The van der Waals surface area contributed by atoms with Crippen LogP contribution in [0.4, 0.5) is 5.69 Å². The summed E-state index contributed by atoms with van der Waals surface area (Å²) in [7, 11) is 0. The van der Waals surface area contributed by atoms with Gasteiger partial charge in [0.1, 0.15) is 0 Å². The Morgan fingerprint density at radius 2 is 1.52 bits per heavy atom. The van der Waals surface area contributed by atoms with Gasteiger partial charge in [0.2, 0.25) is 11.8 Å². The molecule has 0 spiro atoms. The van der Waals surface area contributed by atoms with Gasteiger partial charge < -0.3 is 16.0 Å². The average Bonchev–Trinajstić information content (AvgIpc) is 2.67. The molecule has 6 nitrogen and oxygen atoms in total. The van der Waals surface area contributed by atoms with Crippen LogP contribution in [0.5, 0.6) is 0 Å². The minimum atomic E-state index is -0.228. The molecule has 0 fully saturated rings. The Labute approximate surface area is 159 Å². The van der Waals surface area contributed by atoms with Crippen LogP contribution >= 0.6 is 0 Å². The highest BCUT2D eigenvalue weighted by atomic mass is 16.2. The molecule has 0 aliphatic heterocycles. The number of hydrogen-bond donors (Lipinski definition) is 3. The molecular weight excluding hydrogens is 342 g/mol. The third kappa shape index (κ3) is 6.26. The Bertz CT molecular complexity index is 773. The first-order valence-corrected chi connectivity index (χ1v) is 8.99. The van der Waals surface area contributed by atoms with E-state index in [1.807, 2.05) is 37.3 Å². The lowest BCUT2D eigenvalue weighted by Crippen LogP contribution is -2.33. The lowest BCUT2D eigenvalue weighted by molar-refractivity contribution is -0.119. The van der Waals surface area contributed by atoms with Crippen molar-refractivity contribution in [2.45, 2.75) is 26.2 Å². The molecule has 0 saturated carbocycles. The van der Waals surface area contributed by atoms with E-state index in [0.29, 0.717) is 30.8 Å². The van der Waals surface area contributed by atoms with Crippen molar-refractivity contribution in [2.75, 3.05) is 18.4 Å². The van der Waals surface area contributed by atoms with Crippen LogP contribution in [-0.4, -0.2) is 30.8 Å². The quantitative estimate of drug-likeness (QED) is 0.627. The first-order chi connectivity index (χ1) is 13.0. The van der Waals surface area contributed by atoms with E-state index < -0.39 is 0 Å². The van der Waals surface area contributed by atoms with Gasteiger partial charge >= 0.3 is 0 Å². The molecule has 142 valence electrons. The van der Waals surface area contributed by atoms with Gasteiger partial charge in [0.15, 0.2) is 0 Å². The van der Waals surface area contributed by atoms with Gasteiger partial charge in [0.25, 0.3) is 5.91 Å². The molecule has 0 aromatic heterocycles. The van der Waals surface area contributed by atoms with Crippen LogP contribution in [0.15, 0.2) is 54.6 Å². The van der Waals surface area contributed by atoms with Crippen molar-refractivity contribution >= 4 is 23.4 Å². The summed E-state index contributed by atoms with van der Waals surface area (Å²) in [5.74, 6) is -0.654. The zero-order valence-corrected chi connectivity index (χ0v) is 15.6. The smallest absolute Gasteiger partial charge is 0.251 e. The summed E-state index contributed by atoms with van der Waals surface area (Å²) in [4.78, 5) is 35.4. The number of benzene rings is 2. The lowest BCUT2D eigenvalue weighted by Gasteiger charge is -2.15. The first-order valence-electron chi connectivity index (χ1n) is 8.99. The first kappa shape index (κ1) is 20.2. The van der Waals surface area contributed by atoms with Gasteiger partial charge in [-0.25, -0.2) is 0 Å². The molecule has 3 N–H and O–H groups in total. The average molecular weight is 367 g/mol. The molecule has 0 aliphatic carbocycles. The fraction of sp³-hybridized carbons (Fsp3) is 0.286. The molecule has 2 rings (SSSR count). The molecular formula is C21H25N3O3. The van der Waals surface area contributed by atoms with Gasteiger partial charge in [0, 0.05) is 31.3 Å². The molecule has 2 aromatic rings. The second-order valence-electron chi connectivity index (χ2n) is 6.18. The maximum absolute atomic E-state index is 12.6. The van der Waals surface area contributed by atoms with Crippen LogP contribution in [0.1, 0.15) is 42.1 Å². The maximum atomic E-state index is 12.6. The second-order valence-corrected chi connectivity index (χ2v) is 6.18. The van der Waals surface area contributed by atoms with Gasteiger partial charge in [-0.15, -0.1) is 0 Å². The van der Waals surface area contributed by atoms with Crippen molar-refractivity contribution in [1.29, 1.82) is 0 Å². The number of carbonyl (C=O) groups is 3. The highest BCUT2D eigenvalue weighted by molar-refractivity contribution is 5.97. The normalized spacial score (nSPS) is 11.3. The van der Waals surface area contributed by atoms with Gasteiger partial charge in [-0.2, -0.15) is 0 Å². The van der Waals surface area contributed by atoms with Crippen LogP contribution in [0.2, 0.25) is 0 Å². The lowest BCUT2D eigenvalue weighted by atomic mass is 9.95. The minimum absolute atomic E-state index is 0.0730. The van der Waals surface area contributed by atoms with Crippen LogP contribution < -0.4 is 16.0 Å². The van der Waals surface area contributed by atoms with Gasteiger partial charge in [0.05, 0.1) is 5.92 Å². The van der Waals surface area contributed by atoms with Crippen molar-refractivity contribution in [3.63, 3.8) is 0 Å². The zero-order valence-electron chi connectivity index (χ0n) is 15.6. The molecule has 0 heterocycles. The summed E-state index contributed by atoms with van der Waals surface area (Å²) in [6, 6.07) is 16.4. The van der Waals surface area contributed by atoms with Crippen molar-refractivity contribution in [3.8, 4) is 0 Å². The molecule has 0 bridgehead atoms. The maximum Gasteiger partial charge on any atom is 0.251 e. The highest BCUT2D eigenvalue weighted by Crippen LogP contribution is 2.21. The molecule has 0 radical (unpaired) electrons. The van der Waals surface area contributed by atoms with E-state index in [-0.39, 0.29) is 23.6 Å². The number of amides is 3. The Hall–Kier alpha value is -3.15. The third-order valence-corrected chi connectivity index (χ3v) is 4.13. The van der Waals surface area contributed by atoms with E-state index in [1.165, 1.54) is 6.92 Å². The van der Waals surface area contributed by atoms with Gasteiger partial charge in [-0.1, -0.05) is 37.3 Å². The Morgan fingerprint density at radius 1 is 0.889 bits per heavy atom. The molecule has 0 saturated heterocycles. The fourth-order valence-electron chi connectivity index (χ4n) is 2.71.